The van der Waals surface area contributed by atoms with Crippen molar-refractivity contribution in [3.05, 3.63) is 63.4 Å². The zero-order chi connectivity index (χ0) is 27.4. The van der Waals surface area contributed by atoms with Crippen molar-refractivity contribution >= 4 is 13.7 Å². The first-order chi connectivity index (χ1) is 17.4. The maximum atomic E-state index is 15.1. The molecule has 1 unspecified atom stereocenters. The third-order valence-electron chi connectivity index (χ3n) is 5.23. The summed E-state index contributed by atoms with van der Waals surface area (Å²) in [4.78, 5) is 37.7. The molecule has 3 N–H and O–H groups in total. The van der Waals surface area contributed by atoms with Crippen molar-refractivity contribution in [3.63, 3.8) is 0 Å². The number of benzene rings is 1. The zero-order valence-corrected chi connectivity index (χ0v) is 21.1. The molecule has 1 aliphatic rings. The number of aliphatic hydroxyl groups excluding tert-OH is 1. The van der Waals surface area contributed by atoms with Gasteiger partial charge in [-0.25, -0.2) is 13.8 Å². The lowest BCUT2D eigenvalue weighted by molar-refractivity contribution is -0.149. The first-order valence-corrected chi connectivity index (χ1v) is 12.7. The molecule has 3 rings (SSSR count). The van der Waals surface area contributed by atoms with Crippen LogP contribution in [0.1, 0.15) is 27.0 Å². The number of hydrogen-bond acceptors (Lipinski definition) is 9. The number of rotatable bonds is 10. The van der Waals surface area contributed by atoms with Gasteiger partial charge < -0.3 is 19.1 Å². The third kappa shape index (κ3) is 6.54. The summed E-state index contributed by atoms with van der Waals surface area (Å²) >= 11 is 0. The van der Waals surface area contributed by atoms with Gasteiger partial charge in [0.25, 0.3) is 5.56 Å². The molecule has 0 amide bonds. The van der Waals surface area contributed by atoms with Gasteiger partial charge in [-0.15, -0.1) is 6.42 Å². The number of alkyl halides is 1. The topological polar surface area (TPSA) is 158 Å². The average Bonchev–Trinajstić information content (AvgIpc) is 3.08. The number of aromatic amines is 1. The monoisotopic (exact) mass is 539 g/mol. The lowest BCUT2D eigenvalue weighted by Gasteiger charge is -2.29. The molecule has 0 aliphatic carbocycles. The highest BCUT2D eigenvalue weighted by atomic mass is 31.2. The van der Waals surface area contributed by atoms with E-state index in [1.54, 1.807) is 32.0 Å². The highest BCUT2D eigenvalue weighted by Gasteiger charge is 2.57. The fourth-order valence-electron chi connectivity index (χ4n) is 3.40. The predicted octanol–water partition coefficient (Wildman–Crippen LogP) is 1.27. The number of esters is 1. The summed E-state index contributed by atoms with van der Waals surface area (Å²) < 4.78 is 51.1. The molecule has 1 aromatic carbocycles. The second-order valence-corrected chi connectivity index (χ2v) is 10.2. The Morgan fingerprint density at radius 1 is 1.32 bits per heavy atom. The number of aliphatic hydroxyl groups is 1. The maximum absolute atomic E-state index is 15.1. The molecular weight excluding hydrogens is 512 g/mol. The van der Waals surface area contributed by atoms with Crippen LogP contribution in [0.5, 0.6) is 5.75 Å². The van der Waals surface area contributed by atoms with E-state index in [1.165, 1.54) is 19.1 Å². The van der Waals surface area contributed by atoms with Gasteiger partial charge in [0, 0.05) is 12.3 Å². The van der Waals surface area contributed by atoms with E-state index in [0.717, 1.165) is 12.3 Å². The minimum absolute atomic E-state index is 0.103. The van der Waals surface area contributed by atoms with Crippen molar-refractivity contribution in [2.45, 2.75) is 57.0 Å². The molecule has 1 saturated heterocycles. The van der Waals surface area contributed by atoms with Crippen LogP contribution in [0.4, 0.5) is 4.39 Å². The van der Waals surface area contributed by atoms with Crippen molar-refractivity contribution in [3.8, 4) is 18.1 Å². The second kappa shape index (κ2) is 11.4. The molecule has 37 heavy (non-hydrogen) atoms. The van der Waals surface area contributed by atoms with Crippen LogP contribution >= 0.6 is 7.75 Å². The number of carbonyl (C=O) groups excluding carboxylic acids is 1. The molecule has 0 bridgehead atoms. The van der Waals surface area contributed by atoms with Crippen molar-refractivity contribution in [2.24, 2.45) is 0 Å². The van der Waals surface area contributed by atoms with Gasteiger partial charge in [0.15, 0.2) is 18.0 Å². The van der Waals surface area contributed by atoms with E-state index in [0.29, 0.717) is 4.57 Å². The van der Waals surface area contributed by atoms with Gasteiger partial charge in [-0.2, -0.15) is 5.09 Å². The number of aromatic nitrogens is 2. The van der Waals surface area contributed by atoms with Crippen molar-refractivity contribution in [1.29, 1.82) is 0 Å². The van der Waals surface area contributed by atoms with Crippen LogP contribution in [0.2, 0.25) is 0 Å². The summed E-state index contributed by atoms with van der Waals surface area (Å²) in [6.45, 7) is 3.76. The van der Waals surface area contributed by atoms with Crippen molar-refractivity contribution in [2.75, 3.05) is 6.61 Å². The van der Waals surface area contributed by atoms with Gasteiger partial charge in [0.05, 0.1) is 6.10 Å². The molecule has 1 aliphatic heterocycles. The van der Waals surface area contributed by atoms with Crippen LogP contribution in [-0.2, 0) is 23.4 Å². The van der Waals surface area contributed by atoms with E-state index < -0.39 is 67.8 Å². The van der Waals surface area contributed by atoms with Crippen LogP contribution in [0.15, 0.2) is 52.2 Å². The van der Waals surface area contributed by atoms with Crippen LogP contribution in [0.25, 0.3) is 0 Å². The van der Waals surface area contributed by atoms with Crippen LogP contribution in [0.3, 0.4) is 0 Å². The molecular formula is C23H27FN3O9P. The number of H-pyrrole nitrogens is 1. The molecule has 2 aromatic rings. The number of hydrogen-bond donors (Lipinski definition) is 3. The van der Waals surface area contributed by atoms with Gasteiger partial charge in [-0.3, -0.25) is 23.7 Å². The first kappa shape index (κ1) is 28.3. The Bertz CT molecular complexity index is 1310. The standard InChI is InChI=1S/C23H27FN3O9P/c1-5-23(19(29)18(24)20(35-23)27-12-11-17(28)25-22(27)31)13-33-37(32,36-16-9-7-6-8-10-16)26-15(4)21(30)34-14(2)3/h1,6-12,14-15,18-20,29H,13H2,2-4H3,(H,26,32)(H,25,28,31)/t15-,18-,19+,20-,23-,37?/m1/s1. The molecule has 1 aromatic heterocycles. The Kier molecular flexibility index (Phi) is 8.73. The molecule has 200 valence electrons. The molecule has 6 atom stereocenters. The number of terminal acetylenes is 1. The van der Waals surface area contributed by atoms with Crippen LogP contribution in [0, 0.1) is 12.3 Å². The quantitative estimate of drug-likeness (QED) is 0.228. The van der Waals surface area contributed by atoms with Crippen molar-refractivity contribution < 1.29 is 37.4 Å². The Hall–Kier alpha value is -3.27. The summed E-state index contributed by atoms with van der Waals surface area (Å²) in [5.41, 5.74) is -3.95. The summed E-state index contributed by atoms with van der Waals surface area (Å²) in [5.74, 6) is 1.46. The molecule has 14 heteroatoms. The summed E-state index contributed by atoms with van der Waals surface area (Å²) in [6.07, 6.45) is 0.0872. The van der Waals surface area contributed by atoms with Crippen LogP contribution < -0.4 is 20.9 Å². The van der Waals surface area contributed by atoms with E-state index in [1.807, 2.05) is 4.98 Å². The highest BCUT2D eigenvalue weighted by molar-refractivity contribution is 7.52. The number of para-hydroxylation sites is 1. The molecule has 1 fully saturated rings. The molecule has 0 radical (unpaired) electrons. The Morgan fingerprint density at radius 3 is 2.59 bits per heavy atom. The summed E-state index contributed by atoms with van der Waals surface area (Å²) in [6, 6.07) is 7.62. The number of nitrogens with zero attached hydrogens (tertiary/aromatic N) is 1. The highest BCUT2D eigenvalue weighted by Crippen LogP contribution is 2.48. The van der Waals surface area contributed by atoms with Gasteiger partial charge >= 0.3 is 19.4 Å². The SMILES string of the molecule is C#C[C@]1(COP(=O)(N[C@H](C)C(=O)OC(C)C)Oc2ccccc2)O[C@@H](n2ccc(=O)[nH]c2=O)[C@H](F)[C@@H]1O. The smallest absolute Gasteiger partial charge is 0.459 e. The third-order valence-corrected chi connectivity index (χ3v) is 6.85. The molecule has 2 heterocycles. The number of nitrogens with one attached hydrogen (secondary N) is 2. The normalized spacial score (nSPS) is 25.7. The fraction of sp³-hybridized carbons (Fsp3) is 0.435. The second-order valence-electron chi connectivity index (χ2n) is 8.46. The number of carbonyl (C=O) groups is 1. The van der Waals surface area contributed by atoms with E-state index in [2.05, 4.69) is 11.0 Å². The summed E-state index contributed by atoms with van der Waals surface area (Å²) in [7, 11) is -4.43. The van der Waals surface area contributed by atoms with Crippen LogP contribution in [-0.4, -0.2) is 57.3 Å². The minimum atomic E-state index is -4.43. The fourth-order valence-corrected chi connectivity index (χ4v) is 4.92. The first-order valence-electron chi connectivity index (χ1n) is 11.2. The van der Waals surface area contributed by atoms with E-state index in [9.17, 15) is 24.1 Å². The maximum Gasteiger partial charge on any atom is 0.459 e. The zero-order valence-electron chi connectivity index (χ0n) is 20.2. The Morgan fingerprint density at radius 2 is 2.00 bits per heavy atom. The van der Waals surface area contributed by atoms with Gasteiger partial charge in [0.2, 0.25) is 0 Å². The predicted molar refractivity (Wildman–Crippen MR) is 128 cm³/mol. The Labute approximate surface area is 211 Å². The minimum Gasteiger partial charge on any atom is -0.462 e. The molecule has 0 spiro atoms. The van der Waals surface area contributed by atoms with Gasteiger partial charge in [0.1, 0.15) is 24.5 Å². The van der Waals surface area contributed by atoms with Gasteiger partial charge in [-0.1, -0.05) is 24.1 Å². The van der Waals surface area contributed by atoms with Gasteiger partial charge in [-0.05, 0) is 32.9 Å². The van der Waals surface area contributed by atoms with E-state index in [4.69, 9.17) is 24.9 Å². The number of halogens is 1. The molecule has 12 nitrogen and oxygen atoms in total. The van der Waals surface area contributed by atoms with E-state index >= 15 is 4.39 Å². The Balaban J connectivity index is 1.87. The summed E-state index contributed by atoms with van der Waals surface area (Å²) in [5, 5.41) is 13.0. The lowest BCUT2D eigenvalue weighted by Crippen LogP contribution is -2.45. The van der Waals surface area contributed by atoms with E-state index in [-0.39, 0.29) is 5.75 Å². The average molecular weight is 539 g/mol. The molecule has 0 saturated carbocycles. The largest absolute Gasteiger partial charge is 0.462 e. The van der Waals surface area contributed by atoms with Crippen molar-refractivity contribution in [1.82, 2.24) is 14.6 Å². The number of ether oxygens (including phenoxy) is 2. The lowest BCUT2D eigenvalue weighted by atomic mass is 9.98.